The summed E-state index contributed by atoms with van der Waals surface area (Å²) in [6.45, 7) is 4.32. The number of aromatic nitrogens is 2. The molecule has 18 heavy (non-hydrogen) atoms. The van der Waals surface area contributed by atoms with Crippen molar-refractivity contribution in [2.45, 2.75) is 38.8 Å². The molecule has 0 aliphatic heterocycles. The summed E-state index contributed by atoms with van der Waals surface area (Å²) in [5.41, 5.74) is 4.30. The first-order valence-corrected chi connectivity index (χ1v) is 6.59. The highest BCUT2D eigenvalue weighted by Crippen LogP contribution is 2.33. The van der Waals surface area contributed by atoms with Crippen LogP contribution in [0.4, 0.5) is 0 Å². The average molecular weight is 241 g/mol. The molecule has 0 saturated heterocycles. The molecule has 0 amide bonds. The van der Waals surface area contributed by atoms with E-state index < -0.39 is 0 Å². The van der Waals surface area contributed by atoms with E-state index in [4.69, 9.17) is 0 Å². The molecule has 1 heterocycles. The summed E-state index contributed by atoms with van der Waals surface area (Å²) in [5.74, 6) is 1.01. The number of imidazole rings is 1. The lowest BCUT2D eigenvalue weighted by atomic mass is 10.0. The van der Waals surface area contributed by atoms with Crippen LogP contribution in [-0.4, -0.2) is 9.97 Å². The molecule has 1 aliphatic rings. The third-order valence-corrected chi connectivity index (χ3v) is 3.76. The summed E-state index contributed by atoms with van der Waals surface area (Å²) in [6, 6.07) is 7.51. The molecule has 2 unspecified atom stereocenters. The number of hydrogen-bond donors (Lipinski definition) is 2. The van der Waals surface area contributed by atoms with Gasteiger partial charge in [-0.3, -0.25) is 0 Å². The summed E-state index contributed by atoms with van der Waals surface area (Å²) < 4.78 is 0. The second-order valence-electron chi connectivity index (χ2n) is 5.16. The smallest absolute Gasteiger partial charge is 0.122 e. The van der Waals surface area contributed by atoms with E-state index in [9.17, 15) is 0 Å². The van der Waals surface area contributed by atoms with E-state index in [2.05, 4.69) is 47.3 Å². The van der Waals surface area contributed by atoms with Gasteiger partial charge in [0, 0.05) is 18.4 Å². The molecule has 3 heteroatoms. The zero-order valence-electron chi connectivity index (χ0n) is 10.9. The van der Waals surface area contributed by atoms with Gasteiger partial charge in [-0.05, 0) is 37.8 Å². The minimum atomic E-state index is 0.261. The highest BCUT2D eigenvalue weighted by molar-refractivity contribution is 5.37. The van der Waals surface area contributed by atoms with Crippen molar-refractivity contribution in [3.63, 3.8) is 0 Å². The Morgan fingerprint density at radius 2 is 2.33 bits per heavy atom. The van der Waals surface area contributed by atoms with Crippen molar-refractivity contribution in [2.75, 3.05) is 0 Å². The van der Waals surface area contributed by atoms with Gasteiger partial charge in [-0.25, -0.2) is 4.98 Å². The highest BCUT2D eigenvalue weighted by Gasteiger charge is 2.24. The molecule has 2 aromatic rings. The molecular weight excluding hydrogens is 222 g/mol. The Kier molecular flexibility index (Phi) is 2.92. The maximum Gasteiger partial charge on any atom is 0.122 e. The molecular formula is C15H19N3. The number of rotatable bonds is 3. The normalized spacial score (nSPS) is 19.8. The van der Waals surface area contributed by atoms with Crippen LogP contribution in [0.15, 0.2) is 30.6 Å². The zero-order valence-corrected chi connectivity index (χ0v) is 10.9. The van der Waals surface area contributed by atoms with Crippen molar-refractivity contribution in [2.24, 2.45) is 0 Å². The number of nitrogens with zero attached hydrogens (tertiary/aromatic N) is 1. The molecule has 0 bridgehead atoms. The zero-order chi connectivity index (χ0) is 12.5. The topological polar surface area (TPSA) is 40.7 Å². The predicted molar refractivity (Wildman–Crippen MR) is 72.4 cm³/mol. The van der Waals surface area contributed by atoms with E-state index >= 15 is 0 Å². The number of nitrogens with one attached hydrogen (secondary N) is 2. The van der Waals surface area contributed by atoms with Crippen LogP contribution in [-0.2, 0) is 6.42 Å². The van der Waals surface area contributed by atoms with Gasteiger partial charge in [-0.2, -0.15) is 0 Å². The molecule has 1 aromatic carbocycles. The summed E-state index contributed by atoms with van der Waals surface area (Å²) in [5, 5.41) is 3.67. The molecule has 1 aliphatic carbocycles. The second-order valence-corrected chi connectivity index (χ2v) is 5.16. The third-order valence-electron chi connectivity index (χ3n) is 3.76. The summed E-state index contributed by atoms with van der Waals surface area (Å²) >= 11 is 0. The Labute approximate surface area is 108 Å². The van der Waals surface area contributed by atoms with Crippen LogP contribution in [0.3, 0.4) is 0 Å². The molecule has 1 aromatic heterocycles. The lowest BCUT2D eigenvalue weighted by molar-refractivity contribution is 0.452. The maximum absolute atomic E-state index is 4.31. The van der Waals surface area contributed by atoms with E-state index in [1.165, 1.54) is 29.5 Å². The van der Waals surface area contributed by atoms with Gasteiger partial charge in [-0.1, -0.05) is 23.8 Å². The van der Waals surface area contributed by atoms with Crippen LogP contribution in [0.25, 0.3) is 0 Å². The molecule has 0 radical (unpaired) electrons. The second kappa shape index (κ2) is 4.58. The monoisotopic (exact) mass is 241 g/mol. The van der Waals surface area contributed by atoms with Crippen molar-refractivity contribution < 1.29 is 0 Å². The SMILES string of the molecule is Cc1ccc2c(c1)C(NC(C)c1ncc[nH]1)CC2. The fourth-order valence-corrected chi connectivity index (χ4v) is 2.79. The quantitative estimate of drug-likeness (QED) is 0.867. The first-order chi connectivity index (χ1) is 8.74. The molecule has 0 spiro atoms. The molecule has 2 N–H and O–H groups in total. The molecule has 94 valence electrons. The Hall–Kier alpha value is -1.61. The number of hydrogen-bond acceptors (Lipinski definition) is 2. The van der Waals surface area contributed by atoms with Crippen LogP contribution >= 0.6 is 0 Å². The minimum absolute atomic E-state index is 0.261. The fourth-order valence-electron chi connectivity index (χ4n) is 2.79. The molecule has 0 fully saturated rings. The fraction of sp³-hybridized carbons (Fsp3) is 0.400. The lowest BCUT2D eigenvalue weighted by Crippen LogP contribution is -2.23. The van der Waals surface area contributed by atoms with Gasteiger partial charge >= 0.3 is 0 Å². The van der Waals surface area contributed by atoms with Gasteiger partial charge < -0.3 is 10.3 Å². The first kappa shape index (κ1) is 11.5. The number of H-pyrrole nitrogens is 1. The third kappa shape index (κ3) is 2.06. The maximum atomic E-state index is 4.31. The number of fused-ring (bicyclic) bond motifs is 1. The van der Waals surface area contributed by atoms with Crippen molar-refractivity contribution in [1.82, 2.24) is 15.3 Å². The molecule has 2 atom stereocenters. The Bertz CT molecular complexity index is 531. The van der Waals surface area contributed by atoms with Crippen molar-refractivity contribution in [3.05, 3.63) is 53.1 Å². The molecule has 3 rings (SSSR count). The van der Waals surface area contributed by atoms with Gasteiger partial charge in [0.2, 0.25) is 0 Å². The minimum Gasteiger partial charge on any atom is -0.347 e. The van der Waals surface area contributed by atoms with Crippen LogP contribution in [0, 0.1) is 6.92 Å². The average Bonchev–Trinajstić information content (AvgIpc) is 2.99. The van der Waals surface area contributed by atoms with Crippen LogP contribution in [0.2, 0.25) is 0 Å². The largest absolute Gasteiger partial charge is 0.347 e. The van der Waals surface area contributed by atoms with E-state index in [1.807, 2.05) is 6.20 Å². The van der Waals surface area contributed by atoms with Crippen LogP contribution in [0.5, 0.6) is 0 Å². The number of benzene rings is 1. The van der Waals surface area contributed by atoms with Gasteiger partial charge in [0.1, 0.15) is 5.82 Å². The Morgan fingerprint density at radius 1 is 1.44 bits per heavy atom. The number of aromatic amines is 1. The summed E-state index contributed by atoms with van der Waals surface area (Å²) in [7, 11) is 0. The Morgan fingerprint density at radius 3 is 3.11 bits per heavy atom. The summed E-state index contributed by atoms with van der Waals surface area (Å²) in [6.07, 6.45) is 6.04. The Balaban J connectivity index is 1.78. The first-order valence-electron chi connectivity index (χ1n) is 6.59. The highest BCUT2D eigenvalue weighted by atomic mass is 15.0. The van der Waals surface area contributed by atoms with Crippen molar-refractivity contribution in [1.29, 1.82) is 0 Å². The van der Waals surface area contributed by atoms with Crippen molar-refractivity contribution >= 4 is 0 Å². The van der Waals surface area contributed by atoms with Crippen LogP contribution < -0.4 is 5.32 Å². The van der Waals surface area contributed by atoms with E-state index in [1.54, 1.807) is 6.20 Å². The van der Waals surface area contributed by atoms with Crippen molar-refractivity contribution in [3.8, 4) is 0 Å². The standard InChI is InChI=1S/C15H19N3/c1-10-3-4-12-5-6-14(13(12)9-10)18-11(2)15-16-7-8-17-15/h3-4,7-9,11,14,18H,5-6H2,1-2H3,(H,16,17). The molecule has 0 saturated carbocycles. The van der Waals surface area contributed by atoms with E-state index in [0.29, 0.717) is 6.04 Å². The summed E-state index contributed by atoms with van der Waals surface area (Å²) in [4.78, 5) is 7.49. The molecule has 3 nitrogen and oxygen atoms in total. The van der Waals surface area contributed by atoms with Gasteiger partial charge in [0.25, 0.3) is 0 Å². The van der Waals surface area contributed by atoms with Gasteiger partial charge in [0.15, 0.2) is 0 Å². The van der Waals surface area contributed by atoms with Gasteiger partial charge in [0.05, 0.1) is 6.04 Å². The van der Waals surface area contributed by atoms with E-state index in [0.717, 1.165) is 5.82 Å². The van der Waals surface area contributed by atoms with Crippen LogP contribution in [0.1, 0.15) is 47.9 Å². The van der Waals surface area contributed by atoms with E-state index in [-0.39, 0.29) is 6.04 Å². The number of aryl methyl sites for hydroxylation is 2. The predicted octanol–water partition coefficient (Wildman–Crippen LogP) is 3.06. The lowest BCUT2D eigenvalue weighted by Gasteiger charge is -2.19. The van der Waals surface area contributed by atoms with Gasteiger partial charge in [-0.15, -0.1) is 0 Å².